The Kier molecular flexibility index (Phi) is 4.47. The van der Waals surface area contributed by atoms with Gasteiger partial charge in [-0.25, -0.2) is 13.4 Å². The van der Waals surface area contributed by atoms with Gasteiger partial charge in [0.1, 0.15) is 5.75 Å². The van der Waals surface area contributed by atoms with Gasteiger partial charge in [0, 0.05) is 23.2 Å². The zero-order chi connectivity index (χ0) is 20.7. The predicted molar refractivity (Wildman–Crippen MR) is 117 cm³/mol. The molecule has 2 atom stereocenters. The molecule has 0 fully saturated rings. The second-order valence-electron chi connectivity index (χ2n) is 7.52. The number of ether oxygens (including phenoxy) is 1. The number of nitrogens with one attached hydrogen (secondary N) is 1. The number of para-hydroxylation sites is 1. The van der Waals surface area contributed by atoms with Crippen LogP contribution in [-0.4, -0.2) is 25.4 Å². The van der Waals surface area contributed by atoms with E-state index in [4.69, 9.17) is 9.84 Å². The lowest BCUT2D eigenvalue weighted by Gasteiger charge is -2.38. The Morgan fingerprint density at radius 3 is 2.57 bits per heavy atom. The van der Waals surface area contributed by atoms with Crippen LogP contribution in [0.4, 0.5) is 5.69 Å². The van der Waals surface area contributed by atoms with E-state index in [-0.39, 0.29) is 12.3 Å². The van der Waals surface area contributed by atoms with E-state index in [1.54, 1.807) is 6.07 Å². The van der Waals surface area contributed by atoms with Crippen molar-refractivity contribution < 1.29 is 13.2 Å². The maximum atomic E-state index is 11.6. The van der Waals surface area contributed by atoms with E-state index >= 15 is 0 Å². The van der Waals surface area contributed by atoms with Crippen molar-refractivity contribution in [3.63, 3.8) is 0 Å². The number of anilines is 1. The molecular formula is C23H21N3O3S. The third kappa shape index (κ3) is 3.52. The number of benzene rings is 3. The Labute approximate surface area is 175 Å². The summed E-state index contributed by atoms with van der Waals surface area (Å²) < 4.78 is 32.1. The summed E-state index contributed by atoms with van der Waals surface area (Å²) in [6.07, 6.45) is 1.54. The van der Waals surface area contributed by atoms with E-state index in [0.29, 0.717) is 12.1 Å². The molecule has 152 valence electrons. The van der Waals surface area contributed by atoms with Gasteiger partial charge in [-0.15, -0.1) is 0 Å². The van der Waals surface area contributed by atoms with E-state index in [0.717, 1.165) is 34.4 Å². The molecule has 3 aromatic carbocycles. The first-order chi connectivity index (χ1) is 14.5. The van der Waals surface area contributed by atoms with E-state index in [2.05, 4.69) is 10.8 Å². The maximum absolute atomic E-state index is 11.6. The van der Waals surface area contributed by atoms with Crippen LogP contribution in [0.2, 0.25) is 0 Å². The Morgan fingerprint density at radius 2 is 1.77 bits per heavy atom. The number of rotatable bonds is 4. The minimum atomic E-state index is -3.34. The molecule has 0 aromatic heterocycles. The third-order valence-electron chi connectivity index (χ3n) is 5.28. The van der Waals surface area contributed by atoms with Gasteiger partial charge >= 0.3 is 0 Å². The molecule has 0 spiro atoms. The summed E-state index contributed by atoms with van der Waals surface area (Å²) in [6, 6.07) is 25.5. The van der Waals surface area contributed by atoms with Crippen molar-refractivity contribution in [3.8, 4) is 5.75 Å². The first-order valence-electron chi connectivity index (χ1n) is 9.72. The van der Waals surface area contributed by atoms with E-state index in [9.17, 15) is 8.42 Å². The summed E-state index contributed by atoms with van der Waals surface area (Å²) in [5.41, 5.74) is 4.46. The van der Waals surface area contributed by atoms with E-state index in [1.165, 1.54) is 0 Å². The summed E-state index contributed by atoms with van der Waals surface area (Å²) >= 11 is 0. The minimum absolute atomic E-state index is 0.0571. The lowest BCUT2D eigenvalue weighted by Crippen LogP contribution is -2.33. The fourth-order valence-corrected chi connectivity index (χ4v) is 4.58. The molecular weight excluding hydrogens is 398 g/mol. The quantitative estimate of drug-likeness (QED) is 0.684. The number of hydrogen-bond acceptors (Lipinski definition) is 5. The molecule has 2 aliphatic heterocycles. The minimum Gasteiger partial charge on any atom is -0.464 e. The highest BCUT2D eigenvalue weighted by Crippen LogP contribution is 2.47. The fourth-order valence-electron chi connectivity index (χ4n) is 4.02. The Hall–Kier alpha value is -3.32. The van der Waals surface area contributed by atoms with E-state index < -0.39 is 10.0 Å². The van der Waals surface area contributed by atoms with Crippen molar-refractivity contribution in [1.82, 2.24) is 5.01 Å². The van der Waals surface area contributed by atoms with Crippen LogP contribution < -0.4 is 9.46 Å². The number of fused-ring (bicyclic) bond motifs is 3. The highest BCUT2D eigenvalue weighted by Gasteiger charge is 2.40. The van der Waals surface area contributed by atoms with Gasteiger partial charge in [0.25, 0.3) is 0 Å². The largest absolute Gasteiger partial charge is 0.464 e. The van der Waals surface area contributed by atoms with Gasteiger partial charge in [0.2, 0.25) is 16.3 Å². The van der Waals surface area contributed by atoms with Crippen LogP contribution in [0.25, 0.3) is 0 Å². The molecule has 5 rings (SSSR count). The summed E-state index contributed by atoms with van der Waals surface area (Å²) in [5, 5.41) is 6.94. The predicted octanol–water partition coefficient (Wildman–Crippen LogP) is 4.30. The number of sulfonamides is 1. The molecule has 1 N–H and O–H groups in total. The first-order valence-corrected chi connectivity index (χ1v) is 11.6. The molecule has 0 radical (unpaired) electrons. The molecule has 6 nitrogen and oxygen atoms in total. The van der Waals surface area contributed by atoms with Gasteiger partial charge in [-0.3, -0.25) is 4.72 Å². The Morgan fingerprint density at radius 1 is 1.00 bits per heavy atom. The average molecular weight is 420 g/mol. The molecule has 30 heavy (non-hydrogen) atoms. The second-order valence-corrected chi connectivity index (χ2v) is 9.27. The van der Waals surface area contributed by atoms with Gasteiger partial charge in [0.15, 0.2) is 0 Å². The van der Waals surface area contributed by atoms with Crippen molar-refractivity contribution in [1.29, 1.82) is 0 Å². The van der Waals surface area contributed by atoms with E-state index in [1.807, 2.05) is 71.7 Å². The molecule has 0 amide bonds. The maximum Gasteiger partial charge on any atom is 0.229 e. The molecule has 0 saturated heterocycles. The molecule has 3 aromatic rings. The van der Waals surface area contributed by atoms with Crippen LogP contribution >= 0.6 is 0 Å². The van der Waals surface area contributed by atoms with Crippen molar-refractivity contribution in [2.75, 3.05) is 11.0 Å². The normalized spacial score (nSPS) is 20.0. The SMILES string of the molecule is CS(=O)(=O)Nc1cccc(C2=NN3[C@H](C2)c2ccccc2O[C@H]3c2ccccc2)c1. The molecule has 2 heterocycles. The topological polar surface area (TPSA) is 71.0 Å². The highest BCUT2D eigenvalue weighted by atomic mass is 32.2. The number of hydrazone groups is 1. The van der Waals surface area contributed by atoms with Crippen LogP contribution in [0, 0.1) is 0 Å². The zero-order valence-electron chi connectivity index (χ0n) is 16.4. The molecule has 0 bridgehead atoms. The molecule has 0 saturated carbocycles. The summed E-state index contributed by atoms with van der Waals surface area (Å²) in [5.74, 6) is 0.872. The summed E-state index contributed by atoms with van der Waals surface area (Å²) in [7, 11) is -3.34. The fraction of sp³-hybridized carbons (Fsp3) is 0.174. The lowest BCUT2D eigenvalue weighted by molar-refractivity contribution is -0.0190. The van der Waals surface area contributed by atoms with Gasteiger partial charge in [-0.1, -0.05) is 60.7 Å². The monoisotopic (exact) mass is 419 g/mol. The van der Waals surface area contributed by atoms with Crippen LogP contribution in [0.15, 0.2) is 84.0 Å². The zero-order valence-corrected chi connectivity index (χ0v) is 17.2. The number of hydrogen-bond donors (Lipinski definition) is 1. The standard InChI is InChI=1S/C23H21N3O3S/c1-30(27,28)25-18-11-7-10-17(14-18)20-15-21-19-12-5-6-13-22(19)29-23(26(21)24-20)16-8-3-2-4-9-16/h2-14,21,23,25H,15H2,1H3/t21-,23+/m1/s1. The van der Waals surface area contributed by atoms with Crippen LogP contribution in [0.3, 0.4) is 0 Å². The molecule has 2 aliphatic rings. The Bertz CT molecular complexity index is 1230. The summed E-state index contributed by atoms with van der Waals surface area (Å²) in [6.45, 7) is 0. The highest BCUT2D eigenvalue weighted by molar-refractivity contribution is 7.92. The lowest BCUT2D eigenvalue weighted by atomic mass is 9.96. The molecule has 0 aliphatic carbocycles. The third-order valence-corrected chi connectivity index (χ3v) is 5.89. The van der Waals surface area contributed by atoms with Crippen molar-refractivity contribution in [2.24, 2.45) is 5.10 Å². The van der Waals surface area contributed by atoms with Gasteiger partial charge in [-0.05, 0) is 23.8 Å². The molecule has 0 unspecified atom stereocenters. The van der Waals surface area contributed by atoms with Crippen molar-refractivity contribution >= 4 is 21.4 Å². The second kappa shape index (κ2) is 7.18. The summed E-state index contributed by atoms with van der Waals surface area (Å²) in [4.78, 5) is 0. The first kappa shape index (κ1) is 18.7. The smallest absolute Gasteiger partial charge is 0.229 e. The van der Waals surface area contributed by atoms with Crippen LogP contribution in [0.5, 0.6) is 5.75 Å². The van der Waals surface area contributed by atoms with Crippen molar-refractivity contribution in [3.05, 3.63) is 95.6 Å². The van der Waals surface area contributed by atoms with Crippen molar-refractivity contribution in [2.45, 2.75) is 18.7 Å². The average Bonchev–Trinajstić information content (AvgIpc) is 3.19. The molecule has 7 heteroatoms. The van der Waals surface area contributed by atoms with Gasteiger partial charge < -0.3 is 4.74 Å². The van der Waals surface area contributed by atoms with Crippen LogP contribution in [0.1, 0.15) is 35.4 Å². The number of nitrogens with zero attached hydrogens (tertiary/aromatic N) is 2. The Balaban J connectivity index is 1.54. The van der Waals surface area contributed by atoms with Gasteiger partial charge in [-0.2, -0.15) is 5.10 Å². The van der Waals surface area contributed by atoms with Gasteiger partial charge in [0.05, 0.1) is 18.0 Å². The van der Waals surface area contributed by atoms with Crippen LogP contribution in [-0.2, 0) is 10.0 Å².